The first-order chi connectivity index (χ1) is 15.0. The van der Waals surface area contributed by atoms with E-state index in [1.165, 1.54) is 0 Å². The minimum Gasteiger partial charge on any atom is -0.494 e. The van der Waals surface area contributed by atoms with E-state index in [4.69, 9.17) is 9.84 Å². The van der Waals surface area contributed by atoms with Crippen LogP contribution in [0.15, 0.2) is 36.4 Å². The number of hydrogen-bond donors (Lipinski definition) is 1. The molecule has 0 spiro atoms. The fourth-order valence-corrected chi connectivity index (χ4v) is 4.31. The summed E-state index contributed by atoms with van der Waals surface area (Å²) in [6.45, 7) is 3.36. The first-order valence-corrected chi connectivity index (χ1v) is 12.2. The smallest absolute Gasteiger partial charge is 0.303 e. The molecule has 1 aromatic carbocycles. The topological polar surface area (TPSA) is 83.9 Å². The molecular weight excluding hydrogens is 414 g/mol. The predicted octanol–water partition coefficient (Wildman–Crippen LogP) is 4.12. The van der Waals surface area contributed by atoms with Gasteiger partial charge in [0.15, 0.2) is 5.78 Å². The second kappa shape index (κ2) is 13.9. The maximum Gasteiger partial charge on any atom is 0.303 e. The number of carbonyl (C=O) groups is 3. The number of rotatable bonds is 14. The molecule has 1 aromatic rings. The summed E-state index contributed by atoms with van der Waals surface area (Å²) in [7, 11) is 0. The van der Waals surface area contributed by atoms with Crippen LogP contribution in [0.3, 0.4) is 0 Å². The van der Waals surface area contributed by atoms with Gasteiger partial charge in [-0.2, -0.15) is 11.8 Å². The van der Waals surface area contributed by atoms with Gasteiger partial charge in [0.2, 0.25) is 5.91 Å². The number of amides is 1. The molecule has 1 heterocycles. The summed E-state index contributed by atoms with van der Waals surface area (Å²) in [5, 5.41) is 8.68. The van der Waals surface area contributed by atoms with Gasteiger partial charge in [0.25, 0.3) is 0 Å². The third-order valence-electron chi connectivity index (χ3n) is 5.05. The van der Waals surface area contributed by atoms with Gasteiger partial charge in [-0.05, 0) is 55.2 Å². The average Bonchev–Trinajstić information content (AvgIpc) is 2.75. The quantitative estimate of drug-likeness (QED) is 0.341. The van der Waals surface area contributed by atoms with Gasteiger partial charge in [0, 0.05) is 31.6 Å². The van der Waals surface area contributed by atoms with Gasteiger partial charge in [0.05, 0.1) is 12.6 Å². The number of piperidine rings is 1. The number of likely N-dealkylation sites (tertiary alicyclic amines) is 1. The minimum absolute atomic E-state index is 0.0169. The van der Waals surface area contributed by atoms with E-state index in [9.17, 15) is 14.4 Å². The number of hydrogen-bond acceptors (Lipinski definition) is 5. The van der Waals surface area contributed by atoms with Crippen molar-refractivity contribution >= 4 is 29.4 Å². The molecule has 31 heavy (non-hydrogen) atoms. The number of benzene rings is 1. The Balaban J connectivity index is 1.81. The Labute approximate surface area is 189 Å². The standard InChI is InChI=1S/C24H33NO5S/c1-2-15-30-22-12-8-19(9-13-22)18-21(26)11-10-20-5-3-6-23(27)25(20)14-17-31-16-4-7-24(28)29/h8-13,20H,2-7,14-18H2,1H3,(H,28,29)/t20-/m1/s1. The number of ketones is 1. The minimum atomic E-state index is -0.776. The van der Waals surface area contributed by atoms with E-state index in [2.05, 4.69) is 6.92 Å². The number of thioether (sulfide) groups is 1. The molecule has 7 heteroatoms. The molecule has 0 aromatic heterocycles. The van der Waals surface area contributed by atoms with Crippen LogP contribution in [-0.4, -0.2) is 58.4 Å². The predicted molar refractivity (Wildman–Crippen MR) is 124 cm³/mol. The van der Waals surface area contributed by atoms with Crippen molar-refractivity contribution in [1.29, 1.82) is 0 Å². The highest BCUT2D eigenvalue weighted by Crippen LogP contribution is 2.20. The molecule has 0 saturated carbocycles. The van der Waals surface area contributed by atoms with Crippen LogP contribution in [0.2, 0.25) is 0 Å². The molecule has 0 aliphatic carbocycles. The van der Waals surface area contributed by atoms with Gasteiger partial charge < -0.3 is 14.7 Å². The zero-order valence-electron chi connectivity index (χ0n) is 18.3. The molecule has 0 unspecified atom stereocenters. The summed E-state index contributed by atoms with van der Waals surface area (Å²) >= 11 is 1.67. The van der Waals surface area contributed by atoms with Gasteiger partial charge in [0.1, 0.15) is 5.75 Å². The lowest BCUT2D eigenvalue weighted by molar-refractivity contribution is -0.137. The Kier molecular flexibility index (Phi) is 11.2. The highest BCUT2D eigenvalue weighted by Gasteiger charge is 2.25. The van der Waals surface area contributed by atoms with E-state index in [1.54, 1.807) is 17.8 Å². The number of allylic oxidation sites excluding steroid dienone is 1. The number of carbonyl (C=O) groups excluding carboxylic acids is 2. The monoisotopic (exact) mass is 447 g/mol. The molecule has 1 aliphatic heterocycles. The zero-order chi connectivity index (χ0) is 22.5. The van der Waals surface area contributed by atoms with E-state index < -0.39 is 5.97 Å². The molecule has 1 aliphatic rings. The highest BCUT2D eigenvalue weighted by molar-refractivity contribution is 7.99. The van der Waals surface area contributed by atoms with Crippen LogP contribution >= 0.6 is 11.8 Å². The zero-order valence-corrected chi connectivity index (χ0v) is 19.1. The summed E-state index contributed by atoms with van der Waals surface area (Å²) in [5.41, 5.74) is 0.938. The van der Waals surface area contributed by atoms with Crippen LogP contribution in [-0.2, 0) is 20.8 Å². The molecule has 2 rings (SSSR count). The van der Waals surface area contributed by atoms with Crippen LogP contribution in [0.25, 0.3) is 0 Å². The SMILES string of the molecule is CCCOc1ccc(CC(=O)C=C[C@H]2CCCC(=O)N2CCSCCCC(=O)O)cc1. The number of aliphatic carboxylic acids is 1. The second-order valence-electron chi connectivity index (χ2n) is 7.65. The molecule has 170 valence electrons. The Morgan fingerprint density at radius 2 is 2.03 bits per heavy atom. The van der Waals surface area contributed by atoms with Crippen molar-refractivity contribution in [3.8, 4) is 5.75 Å². The fraction of sp³-hybridized carbons (Fsp3) is 0.542. The lowest BCUT2D eigenvalue weighted by atomic mass is 10.00. The van der Waals surface area contributed by atoms with Crippen molar-refractivity contribution in [2.45, 2.75) is 57.9 Å². The van der Waals surface area contributed by atoms with Crippen molar-refractivity contribution in [3.63, 3.8) is 0 Å². The largest absolute Gasteiger partial charge is 0.494 e. The summed E-state index contributed by atoms with van der Waals surface area (Å²) < 4.78 is 5.56. The maximum absolute atomic E-state index is 12.4. The summed E-state index contributed by atoms with van der Waals surface area (Å²) in [6, 6.07) is 7.55. The van der Waals surface area contributed by atoms with Crippen LogP contribution < -0.4 is 4.74 Å². The Hall–Kier alpha value is -2.28. The number of carboxylic acids is 1. The van der Waals surface area contributed by atoms with Gasteiger partial charge in [-0.15, -0.1) is 0 Å². The Morgan fingerprint density at radius 3 is 2.74 bits per heavy atom. The number of nitrogens with zero attached hydrogens (tertiary/aromatic N) is 1. The van der Waals surface area contributed by atoms with Crippen LogP contribution in [0, 0.1) is 0 Å². The summed E-state index contributed by atoms with van der Waals surface area (Å²) in [6.07, 6.45) is 7.82. The first kappa shape index (κ1) is 25.0. The number of carboxylic acid groups (broad SMARTS) is 1. The van der Waals surface area contributed by atoms with Gasteiger partial charge >= 0.3 is 5.97 Å². The lowest BCUT2D eigenvalue weighted by Crippen LogP contribution is -2.43. The molecule has 0 radical (unpaired) electrons. The summed E-state index contributed by atoms with van der Waals surface area (Å²) in [5.74, 6) is 1.73. The fourth-order valence-electron chi connectivity index (χ4n) is 3.43. The lowest BCUT2D eigenvalue weighted by Gasteiger charge is -2.34. The molecular formula is C24H33NO5S. The first-order valence-electron chi connectivity index (χ1n) is 11.0. The van der Waals surface area contributed by atoms with Crippen molar-refractivity contribution in [3.05, 3.63) is 42.0 Å². The number of ether oxygens (including phenoxy) is 1. The van der Waals surface area contributed by atoms with Gasteiger partial charge in [-0.3, -0.25) is 14.4 Å². The normalized spacial score (nSPS) is 16.6. The third-order valence-corrected chi connectivity index (χ3v) is 6.09. The van der Waals surface area contributed by atoms with Crippen molar-refractivity contribution in [2.24, 2.45) is 0 Å². The van der Waals surface area contributed by atoms with Crippen LogP contribution in [0.4, 0.5) is 0 Å². The third kappa shape index (κ3) is 9.59. The van der Waals surface area contributed by atoms with Crippen LogP contribution in [0.5, 0.6) is 5.75 Å². The van der Waals surface area contributed by atoms with Crippen LogP contribution in [0.1, 0.15) is 51.0 Å². The Bertz CT molecular complexity index is 747. The van der Waals surface area contributed by atoms with E-state index in [0.717, 1.165) is 42.1 Å². The van der Waals surface area contributed by atoms with E-state index in [-0.39, 0.29) is 24.2 Å². The molecule has 1 amide bonds. The molecule has 1 N–H and O–H groups in total. The molecule has 1 atom stereocenters. The highest BCUT2D eigenvalue weighted by atomic mass is 32.2. The summed E-state index contributed by atoms with van der Waals surface area (Å²) in [4.78, 5) is 37.2. The molecule has 1 saturated heterocycles. The molecule has 6 nitrogen and oxygen atoms in total. The molecule has 0 bridgehead atoms. The molecule has 1 fully saturated rings. The van der Waals surface area contributed by atoms with Gasteiger partial charge in [-0.1, -0.05) is 25.1 Å². The second-order valence-corrected chi connectivity index (χ2v) is 8.88. The van der Waals surface area contributed by atoms with Crippen molar-refractivity contribution < 1.29 is 24.2 Å². The van der Waals surface area contributed by atoms with E-state index in [0.29, 0.717) is 32.4 Å². The van der Waals surface area contributed by atoms with E-state index >= 15 is 0 Å². The van der Waals surface area contributed by atoms with Crippen molar-refractivity contribution in [1.82, 2.24) is 4.90 Å². The Morgan fingerprint density at radius 1 is 1.26 bits per heavy atom. The maximum atomic E-state index is 12.4. The van der Waals surface area contributed by atoms with Crippen molar-refractivity contribution in [2.75, 3.05) is 24.7 Å². The average molecular weight is 448 g/mol. The van der Waals surface area contributed by atoms with Gasteiger partial charge in [-0.25, -0.2) is 0 Å². The van der Waals surface area contributed by atoms with E-state index in [1.807, 2.05) is 35.2 Å².